The maximum absolute atomic E-state index is 9.64. The van der Waals surface area contributed by atoms with Crippen LogP contribution >= 0.6 is 0 Å². The van der Waals surface area contributed by atoms with Crippen molar-refractivity contribution in [1.29, 1.82) is 0 Å². The number of hydrogen-bond acceptors (Lipinski definition) is 2. The number of carboxylic acid groups (broad SMARTS) is 2. The van der Waals surface area contributed by atoms with Crippen molar-refractivity contribution in [2.75, 3.05) is 0 Å². The zero-order valence-corrected chi connectivity index (χ0v) is 7.63. The van der Waals surface area contributed by atoms with E-state index in [-0.39, 0.29) is 49.3 Å². The van der Waals surface area contributed by atoms with Crippen LogP contribution in [0.4, 0.5) is 0 Å². The first-order valence-electron chi connectivity index (χ1n) is 2.06. The van der Waals surface area contributed by atoms with Gasteiger partial charge >= 0.3 is 41.5 Å². The largest absolute Gasteiger partial charge is 1.00 e. The van der Waals surface area contributed by atoms with Gasteiger partial charge in [-0.3, -0.25) is 9.59 Å². The summed E-state index contributed by atoms with van der Waals surface area (Å²) in [4.78, 5) is 19.3. The van der Waals surface area contributed by atoms with Gasteiger partial charge in [0.25, 0.3) is 0 Å². The van der Waals surface area contributed by atoms with E-state index in [0.29, 0.717) is 0 Å². The molecule has 4 N–H and O–H groups in total. The van der Waals surface area contributed by atoms with E-state index in [1.165, 1.54) is 0 Å². The van der Waals surface area contributed by atoms with Gasteiger partial charge in [-0.1, -0.05) is 0 Å². The summed E-state index contributed by atoms with van der Waals surface area (Å²) in [7, 11) is 0. The van der Waals surface area contributed by atoms with Crippen molar-refractivity contribution in [2.45, 2.75) is 12.8 Å². The molecule has 0 aliphatic heterocycles. The zero-order chi connectivity index (χ0) is 6.57. The summed E-state index contributed by atoms with van der Waals surface area (Å²) in [5, 5.41) is 15.8. The molecule has 0 rings (SSSR count). The number of hydrogen-bond donors (Lipinski definition) is 2. The Kier molecular flexibility index (Phi) is 14.7. The molecule has 56 valence electrons. The van der Waals surface area contributed by atoms with Crippen LogP contribution in [0, 0.1) is 0 Å². The van der Waals surface area contributed by atoms with Crippen LogP contribution in [-0.4, -0.2) is 27.6 Å². The molecule has 0 unspecified atom stereocenters. The summed E-state index contributed by atoms with van der Waals surface area (Å²) < 4.78 is 0. The second-order valence-corrected chi connectivity index (χ2v) is 1.29. The minimum absolute atomic E-state index is 0. The SMILES string of the molecule is O.O=C(O)CCC(=O)O.[H-].[Na+]. The Morgan fingerprint density at radius 3 is 1.40 bits per heavy atom. The van der Waals surface area contributed by atoms with Gasteiger partial charge in [0.2, 0.25) is 0 Å². The molecule has 0 saturated carbocycles. The Bertz CT molecular complexity index is 103. The molecule has 0 bridgehead atoms. The second-order valence-electron chi connectivity index (χ2n) is 1.29. The van der Waals surface area contributed by atoms with Crippen LogP contribution in [0.1, 0.15) is 14.3 Å². The predicted octanol–water partition coefficient (Wildman–Crippen LogP) is -3.77. The summed E-state index contributed by atoms with van der Waals surface area (Å²) in [5.74, 6) is -2.15. The van der Waals surface area contributed by atoms with Gasteiger partial charge in [0.05, 0.1) is 12.8 Å². The third kappa shape index (κ3) is 15.7. The molecule has 0 aromatic carbocycles. The summed E-state index contributed by atoms with van der Waals surface area (Å²) in [6.45, 7) is 0. The van der Waals surface area contributed by atoms with Crippen LogP contribution in [-0.2, 0) is 9.59 Å². The van der Waals surface area contributed by atoms with E-state index in [1.807, 2.05) is 0 Å². The average Bonchev–Trinajstić information content (AvgIpc) is 1.61. The molecule has 0 atom stereocenters. The van der Waals surface area contributed by atoms with Gasteiger partial charge in [-0.25, -0.2) is 0 Å². The molecule has 0 heterocycles. The third-order valence-electron chi connectivity index (χ3n) is 0.553. The van der Waals surface area contributed by atoms with Crippen LogP contribution in [0.2, 0.25) is 0 Å². The zero-order valence-electron chi connectivity index (χ0n) is 6.63. The number of rotatable bonds is 3. The Balaban J connectivity index is -0.0000000817. The molecule has 0 spiro atoms. The fraction of sp³-hybridized carbons (Fsp3) is 0.500. The van der Waals surface area contributed by atoms with E-state index in [1.54, 1.807) is 0 Å². The van der Waals surface area contributed by atoms with E-state index in [9.17, 15) is 9.59 Å². The predicted molar refractivity (Wildman–Crippen MR) is 29.2 cm³/mol. The van der Waals surface area contributed by atoms with Crippen molar-refractivity contribution in [3.05, 3.63) is 0 Å². The van der Waals surface area contributed by atoms with Crippen LogP contribution in [0.15, 0.2) is 0 Å². The molecule has 0 aromatic heterocycles. The molecule has 0 aliphatic rings. The van der Waals surface area contributed by atoms with Crippen molar-refractivity contribution in [2.24, 2.45) is 0 Å². The maximum Gasteiger partial charge on any atom is 1.00 e. The quantitative estimate of drug-likeness (QED) is 0.413. The van der Waals surface area contributed by atoms with Crippen LogP contribution in [0.25, 0.3) is 0 Å². The van der Waals surface area contributed by atoms with Gasteiger partial charge in [0.1, 0.15) is 0 Å². The van der Waals surface area contributed by atoms with E-state index in [0.717, 1.165) is 0 Å². The van der Waals surface area contributed by atoms with Gasteiger partial charge in [-0.05, 0) is 0 Å². The number of carbonyl (C=O) groups is 2. The molecule has 0 fully saturated rings. The van der Waals surface area contributed by atoms with E-state index < -0.39 is 11.9 Å². The van der Waals surface area contributed by atoms with E-state index >= 15 is 0 Å². The van der Waals surface area contributed by atoms with Gasteiger partial charge in [0, 0.05) is 0 Å². The summed E-state index contributed by atoms with van der Waals surface area (Å²) in [6, 6.07) is 0. The van der Waals surface area contributed by atoms with Gasteiger partial charge < -0.3 is 17.1 Å². The maximum atomic E-state index is 9.64. The number of carboxylic acids is 2. The summed E-state index contributed by atoms with van der Waals surface area (Å²) in [5.41, 5.74) is 0. The first-order valence-corrected chi connectivity index (χ1v) is 2.06. The molecule has 5 nitrogen and oxygen atoms in total. The van der Waals surface area contributed by atoms with E-state index in [4.69, 9.17) is 10.2 Å². The first-order chi connectivity index (χ1) is 3.63. The first kappa shape index (κ1) is 16.5. The molecular weight excluding hydrogens is 151 g/mol. The fourth-order valence-corrected chi connectivity index (χ4v) is 0.214. The molecule has 10 heavy (non-hydrogen) atoms. The van der Waals surface area contributed by atoms with Crippen molar-refractivity contribution < 1.29 is 56.3 Å². The summed E-state index contributed by atoms with van der Waals surface area (Å²) in [6.07, 6.45) is -0.593. The Morgan fingerprint density at radius 2 is 1.30 bits per heavy atom. The van der Waals surface area contributed by atoms with Crippen molar-refractivity contribution in [1.82, 2.24) is 0 Å². The molecule has 0 aliphatic carbocycles. The smallest absolute Gasteiger partial charge is 1.00 e. The summed E-state index contributed by atoms with van der Waals surface area (Å²) >= 11 is 0. The van der Waals surface area contributed by atoms with Gasteiger partial charge in [0.15, 0.2) is 0 Å². The minimum Gasteiger partial charge on any atom is -1.00 e. The Morgan fingerprint density at radius 1 is 1.10 bits per heavy atom. The monoisotopic (exact) mass is 160 g/mol. The van der Waals surface area contributed by atoms with Crippen LogP contribution in [0.3, 0.4) is 0 Å². The molecular formula is C4H9NaO5. The van der Waals surface area contributed by atoms with Crippen molar-refractivity contribution in [3.8, 4) is 0 Å². The number of aliphatic carboxylic acids is 2. The molecule has 0 radical (unpaired) electrons. The average molecular weight is 160 g/mol. The molecule has 0 aromatic rings. The third-order valence-corrected chi connectivity index (χ3v) is 0.553. The van der Waals surface area contributed by atoms with Crippen LogP contribution < -0.4 is 29.6 Å². The Hall–Kier alpha value is -0.100. The van der Waals surface area contributed by atoms with E-state index in [2.05, 4.69) is 0 Å². The topological polar surface area (TPSA) is 106 Å². The Labute approximate surface area is 81.1 Å². The second kappa shape index (κ2) is 8.90. The fourth-order valence-electron chi connectivity index (χ4n) is 0.214. The molecule has 0 amide bonds. The molecule has 6 heteroatoms. The van der Waals surface area contributed by atoms with Gasteiger partial charge in [-0.2, -0.15) is 0 Å². The standard InChI is InChI=1S/C4H6O4.Na.H2O.H/c5-3(6)1-2-4(7)8;;;/h1-2H2,(H,5,6)(H,7,8);;1H2;/q;+1;;-1. The molecule has 0 saturated heterocycles. The van der Waals surface area contributed by atoms with Crippen molar-refractivity contribution in [3.63, 3.8) is 0 Å². The van der Waals surface area contributed by atoms with Crippen LogP contribution in [0.5, 0.6) is 0 Å². The van der Waals surface area contributed by atoms with Crippen molar-refractivity contribution >= 4 is 11.9 Å². The normalized spacial score (nSPS) is 6.80. The van der Waals surface area contributed by atoms with Gasteiger partial charge in [-0.15, -0.1) is 0 Å². The minimum atomic E-state index is -1.08.